The van der Waals surface area contributed by atoms with Gasteiger partial charge in [-0.15, -0.1) is 0 Å². The van der Waals surface area contributed by atoms with Crippen molar-refractivity contribution in [3.8, 4) is 11.1 Å². The second-order valence-corrected chi connectivity index (χ2v) is 9.86. The summed E-state index contributed by atoms with van der Waals surface area (Å²) < 4.78 is 6.11. The number of nitrogens with one attached hydrogen (secondary N) is 1. The molecule has 2 aromatic heterocycles. The van der Waals surface area contributed by atoms with Crippen LogP contribution in [-0.2, 0) is 0 Å². The fourth-order valence-electron chi connectivity index (χ4n) is 5.67. The van der Waals surface area contributed by atoms with Crippen LogP contribution >= 0.6 is 0 Å². The third-order valence-electron chi connectivity index (χ3n) is 7.51. The Morgan fingerprint density at radius 1 is 0.590 bits per heavy atom. The molecule has 0 spiro atoms. The highest BCUT2D eigenvalue weighted by molar-refractivity contribution is 6.06. The van der Waals surface area contributed by atoms with Gasteiger partial charge in [0.05, 0.1) is 11.6 Å². The number of H-pyrrole nitrogens is 1. The molecular weight excluding hydrogens is 476 g/mol. The summed E-state index contributed by atoms with van der Waals surface area (Å²) >= 11 is 0. The lowest BCUT2D eigenvalue weighted by Crippen LogP contribution is -2.09. The molecule has 5 aromatic carbocycles. The first-order chi connectivity index (χ1) is 19.3. The highest BCUT2D eigenvalue weighted by atomic mass is 16.3. The molecule has 3 heteroatoms. The van der Waals surface area contributed by atoms with Gasteiger partial charge >= 0.3 is 0 Å². The SMILES string of the molecule is [C+]1=Cc2[nH]c3ccc(-c4cccc(N(c5ccccc5)c5ccc6oc7ccccc7c6c5)c4)cc3c2C=C1. The number of aromatic nitrogens is 1. The maximum Gasteiger partial charge on any atom is 0.159 e. The van der Waals surface area contributed by atoms with Crippen molar-refractivity contribution < 1.29 is 4.42 Å². The van der Waals surface area contributed by atoms with Gasteiger partial charge in [-0.1, -0.05) is 54.6 Å². The molecule has 0 amide bonds. The van der Waals surface area contributed by atoms with E-state index in [2.05, 4.69) is 125 Å². The van der Waals surface area contributed by atoms with Crippen molar-refractivity contribution in [2.45, 2.75) is 0 Å². The van der Waals surface area contributed by atoms with Crippen molar-refractivity contribution in [1.29, 1.82) is 0 Å². The van der Waals surface area contributed by atoms with Crippen LogP contribution in [-0.4, -0.2) is 4.98 Å². The number of hydrogen-bond donors (Lipinski definition) is 1. The van der Waals surface area contributed by atoms with Gasteiger partial charge in [0.25, 0.3) is 0 Å². The van der Waals surface area contributed by atoms with Crippen molar-refractivity contribution in [1.82, 2.24) is 4.98 Å². The van der Waals surface area contributed by atoms with E-state index in [4.69, 9.17) is 4.42 Å². The number of rotatable bonds is 4. The van der Waals surface area contributed by atoms with E-state index in [1.807, 2.05) is 24.3 Å². The summed E-state index contributed by atoms with van der Waals surface area (Å²) in [5, 5.41) is 3.46. The Kier molecular flexibility index (Phi) is 4.78. The minimum Gasteiger partial charge on any atom is -0.456 e. The summed E-state index contributed by atoms with van der Waals surface area (Å²) in [6, 6.07) is 40.6. The first kappa shape index (κ1) is 21.7. The monoisotopic (exact) mass is 499 g/mol. The summed E-state index contributed by atoms with van der Waals surface area (Å²) in [7, 11) is 0. The molecule has 0 atom stereocenters. The van der Waals surface area contributed by atoms with Crippen LogP contribution in [0.15, 0.2) is 126 Å². The smallest absolute Gasteiger partial charge is 0.159 e. The average Bonchev–Trinajstić information content (AvgIpc) is 3.56. The van der Waals surface area contributed by atoms with Gasteiger partial charge < -0.3 is 14.3 Å². The molecule has 39 heavy (non-hydrogen) atoms. The van der Waals surface area contributed by atoms with Gasteiger partial charge in [0.15, 0.2) is 5.69 Å². The number of aromatic amines is 1. The van der Waals surface area contributed by atoms with Crippen LogP contribution in [0.3, 0.4) is 0 Å². The zero-order chi connectivity index (χ0) is 25.8. The fourth-order valence-corrected chi connectivity index (χ4v) is 5.67. The zero-order valence-electron chi connectivity index (χ0n) is 21.1. The van der Waals surface area contributed by atoms with Crippen LogP contribution < -0.4 is 4.90 Å². The predicted molar refractivity (Wildman–Crippen MR) is 162 cm³/mol. The Morgan fingerprint density at radius 2 is 1.38 bits per heavy atom. The lowest BCUT2D eigenvalue weighted by molar-refractivity contribution is 0.669. The zero-order valence-corrected chi connectivity index (χ0v) is 21.1. The molecule has 0 saturated carbocycles. The summed E-state index contributed by atoms with van der Waals surface area (Å²) in [5.41, 5.74) is 10.9. The molecule has 1 aliphatic carbocycles. The van der Waals surface area contributed by atoms with Crippen LogP contribution in [0.1, 0.15) is 11.3 Å². The fraction of sp³-hybridized carbons (Fsp3) is 0. The Bertz CT molecular complexity index is 2070. The van der Waals surface area contributed by atoms with Crippen molar-refractivity contribution >= 4 is 62.1 Å². The van der Waals surface area contributed by atoms with Crippen molar-refractivity contribution in [3.05, 3.63) is 139 Å². The molecule has 0 bridgehead atoms. The molecule has 0 aliphatic heterocycles. The largest absolute Gasteiger partial charge is 0.456 e. The van der Waals surface area contributed by atoms with Crippen LogP contribution in [0.2, 0.25) is 0 Å². The molecule has 1 aliphatic rings. The molecule has 2 heterocycles. The molecule has 8 rings (SSSR count). The second kappa shape index (κ2) is 8.59. The van der Waals surface area contributed by atoms with Crippen molar-refractivity contribution in [2.24, 2.45) is 0 Å². The summed E-state index contributed by atoms with van der Waals surface area (Å²) in [6.45, 7) is 0. The standard InChI is InChI=1S/C36H23N2O/c1-2-10-26(11-3-1)38(28-18-20-36-32(23-28)30-14-5-7-16-35(30)39-36)27-12-8-9-24(21-27)25-17-19-34-31(22-25)29-13-4-6-15-33(29)37-34/h1-5,7-23,37H/q+1. The van der Waals surface area contributed by atoms with Gasteiger partial charge in [-0.2, -0.15) is 0 Å². The van der Waals surface area contributed by atoms with Crippen LogP contribution in [0.4, 0.5) is 17.1 Å². The quantitative estimate of drug-likeness (QED) is 0.244. The Morgan fingerprint density at radius 3 is 2.33 bits per heavy atom. The molecule has 0 radical (unpaired) electrons. The van der Waals surface area contributed by atoms with Crippen molar-refractivity contribution in [3.63, 3.8) is 0 Å². The van der Waals surface area contributed by atoms with E-state index in [0.29, 0.717) is 0 Å². The highest BCUT2D eigenvalue weighted by Gasteiger charge is 2.19. The number of benzene rings is 5. The third kappa shape index (κ3) is 3.57. The molecule has 3 nitrogen and oxygen atoms in total. The van der Waals surface area contributed by atoms with E-state index in [0.717, 1.165) is 50.2 Å². The molecule has 0 unspecified atom stereocenters. The van der Waals surface area contributed by atoms with E-state index in [1.165, 1.54) is 22.1 Å². The number of para-hydroxylation sites is 2. The summed E-state index contributed by atoms with van der Waals surface area (Å²) in [6.07, 6.45) is 9.28. The predicted octanol–water partition coefficient (Wildman–Crippen LogP) is 10.0. The van der Waals surface area contributed by atoms with Crippen LogP contribution in [0, 0.1) is 6.08 Å². The van der Waals surface area contributed by atoms with Gasteiger partial charge in [-0.25, -0.2) is 0 Å². The van der Waals surface area contributed by atoms with Gasteiger partial charge in [-0.3, -0.25) is 0 Å². The number of nitrogens with zero attached hydrogens (tertiary/aromatic N) is 1. The molecule has 7 aromatic rings. The van der Waals surface area contributed by atoms with Crippen LogP contribution in [0.25, 0.3) is 56.1 Å². The van der Waals surface area contributed by atoms with E-state index in [1.54, 1.807) is 0 Å². The Balaban J connectivity index is 1.28. The highest BCUT2D eigenvalue weighted by Crippen LogP contribution is 2.40. The van der Waals surface area contributed by atoms with Gasteiger partial charge in [0.1, 0.15) is 28.9 Å². The minimum atomic E-state index is 0.895. The summed E-state index contributed by atoms with van der Waals surface area (Å²) in [4.78, 5) is 5.82. The first-order valence-electron chi connectivity index (χ1n) is 13.1. The van der Waals surface area contributed by atoms with E-state index < -0.39 is 0 Å². The molecule has 1 N–H and O–H groups in total. The van der Waals surface area contributed by atoms with Gasteiger partial charge in [0.2, 0.25) is 0 Å². The minimum absolute atomic E-state index is 0.895. The molecular formula is C36H23N2O+. The molecule has 0 fully saturated rings. The van der Waals surface area contributed by atoms with E-state index in [-0.39, 0.29) is 0 Å². The first-order valence-corrected chi connectivity index (χ1v) is 13.1. The molecule has 182 valence electrons. The average molecular weight is 500 g/mol. The second-order valence-electron chi connectivity index (χ2n) is 9.86. The maximum absolute atomic E-state index is 6.11. The maximum atomic E-state index is 6.11. The van der Waals surface area contributed by atoms with Gasteiger partial charge in [0, 0.05) is 39.3 Å². The summed E-state index contributed by atoms with van der Waals surface area (Å²) in [5.74, 6) is 0. The number of allylic oxidation sites excluding steroid dienone is 2. The lowest BCUT2D eigenvalue weighted by Gasteiger charge is -2.26. The van der Waals surface area contributed by atoms with Crippen molar-refractivity contribution in [2.75, 3.05) is 4.90 Å². The Labute approximate surface area is 225 Å². The molecule has 0 saturated heterocycles. The van der Waals surface area contributed by atoms with E-state index >= 15 is 0 Å². The third-order valence-corrected chi connectivity index (χ3v) is 7.51. The number of fused-ring (bicyclic) bond motifs is 6. The normalized spacial score (nSPS) is 12.2. The number of hydrogen-bond acceptors (Lipinski definition) is 2. The number of anilines is 3. The van der Waals surface area contributed by atoms with Crippen LogP contribution in [0.5, 0.6) is 0 Å². The topological polar surface area (TPSA) is 32.2 Å². The Hall–Kier alpha value is -5.37. The lowest BCUT2D eigenvalue weighted by atomic mass is 10.00. The van der Waals surface area contributed by atoms with E-state index in [9.17, 15) is 0 Å². The number of furan rings is 1. The van der Waals surface area contributed by atoms with Gasteiger partial charge in [-0.05, 0) is 71.8 Å².